The third-order valence-corrected chi connectivity index (χ3v) is 4.70. The van der Waals surface area contributed by atoms with Crippen LogP contribution in [0, 0.1) is 0 Å². The maximum atomic E-state index is 5.99. The van der Waals surface area contributed by atoms with Crippen molar-refractivity contribution in [2.75, 3.05) is 0 Å². The van der Waals surface area contributed by atoms with Gasteiger partial charge in [0.25, 0.3) is 0 Å². The van der Waals surface area contributed by atoms with E-state index in [4.69, 9.17) is 11.6 Å². The van der Waals surface area contributed by atoms with Crippen LogP contribution in [-0.4, -0.2) is 0 Å². The smallest absolute Gasteiger partial charge is 0.0406 e. The maximum absolute atomic E-state index is 5.99. The molecule has 0 amide bonds. The van der Waals surface area contributed by atoms with Crippen LogP contribution in [0.25, 0.3) is 22.3 Å². The van der Waals surface area contributed by atoms with Gasteiger partial charge in [-0.05, 0) is 52.0 Å². The van der Waals surface area contributed by atoms with Crippen molar-refractivity contribution in [2.45, 2.75) is 19.8 Å². The number of rotatable bonds is 6. The van der Waals surface area contributed by atoms with Crippen LogP contribution < -0.4 is 0 Å². The molecular formula is C25H23Cl. The largest absolute Gasteiger partial charge is 0.0911 e. The van der Waals surface area contributed by atoms with Crippen molar-refractivity contribution < 1.29 is 0 Å². The van der Waals surface area contributed by atoms with Gasteiger partial charge in [-0.15, -0.1) is 0 Å². The first-order valence-corrected chi connectivity index (χ1v) is 9.36. The maximum Gasteiger partial charge on any atom is 0.0406 e. The Hall–Kier alpha value is -2.57. The number of hydrogen-bond acceptors (Lipinski definition) is 0. The molecular weight excluding hydrogens is 336 g/mol. The van der Waals surface area contributed by atoms with Crippen LogP contribution in [0.15, 0.2) is 91.5 Å². The molecule has 0 fully saturated rings. The molecule has 0 aliphatic rings. The minimum atomic E-state index is 0.746. The van der Waals surface area contributed by atoms with Gasteiger partial charge >= 0.3 is 0 Å². The van der Waals surface area contributed by atoms with E-state index in [2.05, 4.69) is 68.1 Å². The zero-order valence-electron chi connectivity index (χ0n) is 15.1. The summed E-state index contributed by atoms with van der Waals surface area (Å²) >= 11 is 5.99. The second-order valence-corrected chi connectivity index (χ2v) is 6.83. The fraction of sp³-hybridized carbons (Fsp3) is 0.120. The van der Waals surface area contributed by atoms with E-state index in [1.807, 2.05) is 30.3 Å². The molecule has 0 unspecified atom stereocenters. The Morgan fingerprint density at radius 1 is 0.808 bits per heavy atom. The van der Waals surface area contributed by atoms with Gasteiger partial charge in [0.05, 0.1) is 0 Å². The molecule has 0 aliphatic carbocycles. The van der Waals surface area contributed by atoms with Gasteiger partial charge in [0.1, 0.15) is 0 Å². The van der Waals surface area contributed by atoms with E-state index in [0.717, 1.165) is 29.0 Å². The fourth-order valence-electron chi connectivity index (χ4n) is 3.03. The van der Waals surface area contributed by atoms with Crippen LogP contribution in [-0.2, 0) is 0 Å². The molecule has 0 N–H and O–H groups in total. The lowest BCUT2D eigenvalue weighted by molar-refractivity contribution is 0.974. The van der Waals surface area contributed by atoms with E-state index >= 15 is 0 Å². The van der Waals surface area contributed by atoms with Crippen molar-refractivity contribution in [3.63, 3.8) is 0 Å². The summed E-state index contributed by atoms with van der Waals surface area (Å²) in [4.78, 5) is 0. The number of hydrogen-bond donors (Lipinski definition) is 0. The fourth-order valence-corrected chi connectivity index (χ4v) is 3.16. The molecule has 0 saturated heterocycles. The first-order valence-electron chi connectivity index (χ1n) is 8.98. The molecule has 0 radical (unpaired) electrons. The molecule has 0 heterocycles. The summed E-state index contributed by atoms with van der Waals surface area (Å²) in [5.74, 6) is 0. The van der Waals surface area contributed by atoms with Gasteiger partial charge in [0.15, 0.2) is 0 Å². The predicted octanol–water partition coefficient (Wildman–Crippen LogP) is 7.90. The van der Waals surface area contributed by atoms with E-state index in [-0.39, 0.29) is 0 Å². The average Bonchev–Trinajstić information content (AvgIpc) is 2.69. The van der Waals surface area contributed by atoms with Crippen molar-refractivity contribution in [2.24, 2.45) is 0 Å². The number of halogens is 1. The lowest BCUT2D eigenvalue weighted by Crippen LogP contribution is -1.88. The number of benzene rings is 3. The highest BCUT2D eigenvalue weighted by Gasteiger charge is 2.05. The monoisotopic (exact) mass is 358 g/mol. The van der Waals surface area contributed by atoms with Crippen molar-refractivity contribution in [3.8, 4) is 11.1 Å². The molecule has 3 aromatic rings. The zero-order chi connectivity index (χ0) is 18.4. The highest BCUT2D eigenvalue weighted by Crippen LogP contribution is 2.28. The molecule has 0 atom stereocenters. The molecule has 3 aromatic carbocycles. The molecule has 0 aromatic heterocycles. The summed E-state index contributed by atoms with van der Waals surface area (Å²) in [6, 6.07) is 27.1. The summed E-state index contributed by atoms with van der Waals surface area (Å²) in [5.41, 5.74) is 7.15. The van der Waals surface area contributed by atoms with Gasteiger partial charge < -0.3 is 0 Å². The van der Waals surface area contributed by atoms with Gasteiger partial charge in [0, 0.05) is 5.02 Å². The molecule has 0 aliphatic heterocycles. The highest BCUT2D eigenvalue weighted by atomic mass is 35.5. The van der Waals surface area contributed by atoms with E-state index in [9.17, 15) is 0 Å². The Morgan fingerprint density at radius 3 is 2.00 bits per heavy atom. The minimum Gasteiger partial charge on any atom is -0.0911 e. The third kappa shape index (κ3) is 4.53. The van der Waals surface area contributed by atoms with Gasteiger partial charge in [-0.25, -0.2) is 0 Å². The molecule has 0 bridgehead atoms. The molecule has 0 nitrogen and oxygen atoms in total. The molecule has 26 heavy (non-hydrogen) atoms. The first kappa shape index (κ1) is 18.2. The Bertz CT molecular complexity index is 885. The van der Waals surface area contributed by atoms with Crippen LogP contribution >= 0.6 is 11.6 Å². The summed E-state index contributed by atoms with van der Waals surface area (Å²) < 4.78 is 0. The lowest BCUT2D eigenvalue weighted by atomic mass is 9.95. The van der Waals surface area contributed by atoms with Crippen LogP contribution in [0.3, 0.4) is 0 Å². The van der Waals surface area contributed by atoms with Crippen molar-refractivity contribution in [1.82, 2.24) is 0 Å². The second-order valence-electron chi connectivity index (χ2n) is 6.40. The van der Waals surface area contributed by atoms with Gasteiger partial charge in [-0.2, -0.15) is 0 Å². The number of allylic oxidation sites excluding steroid dienone is 3. The van der Waals surface area contributed by atoms with Crippen LogP contribution in [0.1, 0.15) is 30.9 Å². The zero-order valence-corrected chi connectivity index (χ0v) is 15.8. The average molecular weight is 359 g/mol. The van der Waals surface area contributed by atoms with Crippen LogP contribution in [0.4, 0.5) is 0 Å². The predicted molar refractivity (Wildman–Crippen MR) is 115 cm³/mol. The van der Waals surface area contributed by atoms with E-state index in [0.29, 0.717) is 0 Å². The SMILES string of the molecule is C=C(/C=C(\CCC)c1ccc(-c2ccccc2)cc1)c1ccc(Cl)cc1. The Kier molecular flexibility index (Phi) is 6.09. The normalized spacial score (nSPS) is 11.4. The van der Waals surface area contributed by atoms with E-state index in [1.165, 1.54) is 22.3 Å². The summed E-state index contributed by atoms with van der Waals surface area (Å²) in [6.07, 6.45) is 4.32. The van der Waals surface area contributed by atoms with Crippen molar-refractivity contribution >= 4 is 22.7 Å². The van der Waals surface area contributed by atoms with E-state index in [1.54, 1.807) is 0 Å². The molecule has 0 saturated carbocycles. The van der Waals surface area contributed by atoms with Crippen molar-refractivity contribution in [3.05, 3.63) is 108 Å². The summed E-state index contributed by atoms with van der Waals surface area (Å²) in [6.45, 7) is 6.45. The second kappa shape index (κ2) is 8.69. The molecule has 0 spiro atoms. The van der Waals surface area contributed by atoms with Gasteiger partial charge in [-0.3, -0.25) is 0 Å². The molecule has 3 rings (SSSR count). The first-order chi connectivity index (χ1) is 12.7. The van der Waals surface area contributed by atoms with Gasteiger partial charge in [-0.1, -0.05) is 104 Å². The quantitative estimate of drug-likeness (QED) is 0.393. The molecule has 130 valence electrons. The molecule has 1 heteroatoms. The third-order valence-electron chi connectivity index (χ3n) is 4.45. The Balaban J connectivity index is 1.87. The standard InChI is InChI=1S/C25H23Cl/c1-3-7-24(18-19(2)20-14-16-25(26)17-15-20)23-12-10-22(11-13-23)21-8-5-4-6-9-21/h4-6,8-18H,2-3,7H2,1H3/b24-18+. The lowest BCUT2D eigenvalue weighted by Gasteiger charge is -2.10. The summed E-state index contributed by atoms with van der Waals surface area (Å²) in [5, 5.41) is 0.746. The summed E-state index contributed by atoms with van der Waals surface area (Å²) in [7, 11) is 0. The topological polar surface area (TPSA) is 0 Å². The minimum absolute atomic E-state index is 0.746. The van der Waals surface area contributed by atoms with Crippen molar-refractivity contribution in [1.29, 1.82) is 0 Å². The highest BCUT2D eigenvalue weighted by molar-refractivity contribution is 6.30. The van der Waals surface area contributed by atoms with Crippen LogP contribution in [0.2, 0.25) is 5.02 Å². The van der Waals surface area contributed by atoms with E-state index < -0.39 is 0 Å². The Labute approximate surface area is 161 Å². The Morgan fingerprint density at radius 2 is 1.38 bits per heavy atom. The van der Waals surface area contributed by atoms with Gasteiger partial charge in [0.2, 0.25) is 0 Å². The van der Waals surface area contributed by atoms with Crippen LogP contribution in [0.5, 0.6) is 0 Å².